The molecule has 0 amide bonds. The SMILES string of the molecule is CC(=O)Cc1cccc(C#CC=O)c1. The largest absolute Gasteiger partial charge is 0.300 e. The Morgan fingerprint density at radius 2 is 2.29 bits per heavy atom. The summed E-state index contributed by atoms with van der Waals surface area (Å²) in [7, 11) is 0. The van der Waals surface area contributed by atoms with Gasteiger partial charge in [-0.1, -0.05) is 18.1 Å². The summed E-state index contributed by atoms with van der Waals surface area (Å²) in [5.41, 5.74) is 1.69. The fourth-order valence-electron chi connectivity index (χ4n) is 1.16. The molecule has 2 nitrogen and oxygen atoms in total. The molecule has 0 spiro atoms. The fourth-order valence-corrected chi connectivity index (χ4v) is 1.16. The van der Waals surface area contributed by atoms with Crippen LogP contribution < -0.4 is 0 Å². The van der Waals surface area contributed by atoms with Gasteiger partial charge in [0.1, 0.15) is 5.78 Å². The molecule has 14 heavy (non-hydrogen) atoms. The van der Waals surface area contributed by atoms with Crippen LogP contribution in [0.3, 0.4) is 0 Å². The molecule has 70 valence electrons. The molecule has 0 aliphatic rings. The molecule has 0 bridgehead atoms. The maximum Gasteiger partial charge on any atom is 0.193 e. The van der Waals surface area contributed by atoms with Gasteiger partial charge < -0.3 is 0 Å². The lowest BCUT2D eigenvalue weighted by atomic mass is 10.1. The van der Waals surface area contributed by atoms with E-state index < -0.39 is 0 Å². The van der Waals surface area contributed by atoms with E-state index in [9.17, 15) is 9.59 Å². The van der Waals surface area contributed by atoms with Gasteiger partial charge in [-0.15, -0.1) is 0 Å². The summed E-state index contributed by atoms with van der Waals surface area (Å²) >= 11 is 0. The third-order valence-electron chi connectivity index (χ3n) is 1.66. The first-order chi connectivity index (χ1) is 6.72. The van der Waals surface area contributed by atoms with Gasteiger partial charge in [0.2, 0.25) is 0 Å². The number of hydrogen-bond donors (Lipinski definition) is 0. The first-order valence-electron chi connectivity index (χ1n) is 4.26. The van der Waals surface area contributed by atoms with Crippen molar-refractivity contribution in [1.82, 2.24) is 0 Å². The Hall–Kier alpha value is -1.88. The van der Waals surface area contributed by atoms with Gasteiger partial charge in [0.25, 0.3) is 0 Å². The number of rotatable bonds is 2. The zero-order valence-electron chi connectivity index (χ0n) is 7.91. The van der Waals surface area contributed by atoms with E-state index in [1.54, 1.807) is 13.0 Å². The van der Waals surface area contributed by atoms with Crippen LogP contribution in [0.5, 0.6) is 0 Å². The first-order valence-corrected chi connectivity index (χ1v) is 4.26. The summed E-state index contributed by atoms with van der Waals surface area (Å²) in [6.45, 7) is 1.55. The second-order valence-corrected chi connectivity index (χ2v) is 2.97. The van der Waals surface area contributed by atoms with Gasteiger partial charge in [-0.25, -0.2) is 0 Å². The highest BCUT2D eigenvalue weighted by atomic mass is 16.1. The minimum absolute atomic E-state index is 0.116. The van der Waals surface area contributed by atoms with E-state index in [-0.39, 0.29) is 5.78 Å². The number of aldehydes is 1. The van der Waals surface area contributed by atoms with Gasteiger partial charge in [0, 0.05) is 12.0 Å². The monoisotopic (exact) mass is 186 g/mol. The van der Waals surface area contributed by atoms with E-state index in [0.29, 0.717) is 12.7 Å². The average molecular weight is 186 g/mol. The van der Waals surface area contributed by atoms with Gasteiger partial charge in [0.05, 0.1) is 0 Å². The molecule has 0 aromatic heterocycles. The molecule has 2 heteroatoms. The maximum absolute atomic E-state index is 10.8. The summed E-state index contributed by atoms with van der Waals surface area (Å²) < 4.78 is 0. The molecule has 0 N–H and O–H groups in total. The Balaban J connectivity index is 2.89. The van der Waals surface area contributed by atoms with E-state index in [1.165, 1.54) is 0 Å². The maximum atomic E-state index is 10.8. The predicted octanol–water partition coefficient (Wildman–Crippen LogP) is 1.37. The van der Waals surface area contributed by atoms with E-state index in [2.05, 4.69) is 11.8 Å². The highest BCUT2D eigenvalue weighted by molar-refractivity contribution is 5.78. The van der Waals surface area contributed by atoms with Crippen LogP contribution in [-0.2, 0) is 16.0 Å². The highest BCUT2D eigenvalue weighted by Gasteiger charge is 1.97. The van der Waals surface area contributed by atoms with E-state index in [0.717, 1.165) is 11.1 Å². The molecule has 0 saturated carbocycles. The number of carbonyl (C=O) groups excluding carboxylic acids is 2. The van der Waals surface area contributed by atoms with Gasteiger partial charge in [-0.2, -0.15) is 0 Å². The molecule has 0 aliphatic carbocycles. The third kappa shape index (κ3) is 3.24. The fraction of sp³-hybridized carbons (Fsp3) is 0.167. The molecular weight excluding hydrogens is 176 g/mol. The van der Waals surface area contributed by atoms with Crippen LogP contribution in [0, 0.1) is 11.8 Å². The van der Waals surface area contributed by atoms with Crippen LogP contribution >= 0.6 is 0 Å². The lowest BCUT2D eigenvalue weighted by Crippen LogP contribution is -1.96. The molecule has 1 rings (SSSR count). The van der Waals surface area contributed by atoms with Gasteiger partial charge in [-0.3, -0.25) is 9.59 Å². The Kier molecular flexibility index (Phi) is 3.63. The predicted molar refractivity (Wildman–Crippen MR) is 53.8 cm³/mol. The minimum Gasteiger partial charge on any atom is -0.300 e. The van der Waals surface area contributed by atoms with Crippen LogP contribution in [0.4, 0.5) is 0 Å². The Morgan fingerprint density at radius 3 is 2.93 bits per heavy atom. The molecule has 1 aromatic rings. The van der Waals surface area contributed by atoms with Crippen LogP contribution in [0.15, 0.2) is 24.3 Å². The number of hydrogen-bond acceptors (Lipinski definition) is 2. The molecule has 0 unspecified atom stereocenters. The van der Waals surface area contributed by atoms with Crippen molar-refractivity contribution in [3.05, 3.63) is 35.4 Å². The summed E-state index contributed by atoms with van der Waals surface area (Å²) in [4.78, 5) is 20.9. The molecule has 0 saturated heterocycles. The van der Waals surface area contributed by atoms with Crippen molar-refractivity contribution in [2.24, 2.45) is 0 Å². The quantitative estimate of drug-likeness (QED) is 0.516. The van der Waals surface area contributed by atoms with E-state index in [1.807, 2.05) is 18.2 Å². The molecule has 0 atom stereocenters. The normalized spacial score (nSPS) is 8.64. The Morgan fingerprint density at radius 1 is 1.50 bits per heavy atom. The van der Waals surface area contributed by atoms with Crippen LogP contribution in [-0.4, -0.2) is 12.1 Å². The summed E-state index contributed by atoms with van der Waals surface area (Å²) in [5, 5.41) is 0. The smallest absolute Gasteiger partial charge is 0.193 e. The van der Waals surface area contributed by atoms with Gasteiger partial charge in [0.15, 0.2) is 6.29 Å². The molecule has 0 heterocycles. The zero-order chi connectivity index (χ0) is 10.4. The summed E-state index contributed by atoms with van der Waals surface area (Å²) in [5.74, 6) is 5.12. The second kappa shape index (κ2) is 4.98. The standard InChI is InChI=1S/C12H10O2/c1-10(14)8-12-5-2-4-11(9-12)6-3-7-13/h2,4-5,7,9H,8H2,1H3. The van der Waals surface area contributed by atoms with Crippen molar-refractivity contribution >= 4 is 12.1 Å². The van der Waals surface area contributed by atoms with E-state index in [4.69, 9.17) is 0 Å². The topological polar surface area (TPSA) is 34.1 Å². The van der Waals surface area contributed by atoms with Crippen molar-refractivity contribution in [3.8, 4) is 11.8 Å². The van der Waals surface area contributed by atoms with Crippen molar-refractivity contribution in [1.29, 1.82) is 0 Å². The first kappa shape index (κ1) is 10.2. The third-order valence-corrected chi connectivity index (χ3v) is 1.66. The van der Waals surface area contributed by atoms with Gasteiger partial charge >= 0.3 is 0 Å². The highest BCUT2D eigenvalue weighted by Crippen LogP contribution is 2.05. The number of benzene rings is 1. The van der Waals surface area contributed by atoms with Gasteiger partial charge in [-0.05, 0) is 30.5 Å². The van der Waals surface area contributed by atoms with Crippen LogP contribution in [0.25, 0.3) is 0 Å². The van der Waals surface area contributed by atoms with Crippen molar-refractivity contribution in [2.45, 2.75) is 13.3 Å². The lowest BCUT2D eigenvalue weighted by Gasteiger charge is -1.97. The molecular formula is C12H10O2. The number of carbonyl (C=O) groups is 2. The van der Waals surface area contributed by atoms with Crippen molar-refractivity contribution in [2.75, 3.05) is 0 Å². The minimum atomic E-state index is 0.116. The van der Waals surface area contributed by atoms with E-state index >= 15 is 0 Å². The number of Topliss-reactive ketones (excluding diaryl/α,β-unsaturated/α-hetero) is 1. The molecule has 0 aliphatic heterocycles. The zero-order valence-corrected chi connectivity index (χ0v) is 7.91. The Bertz CT molecular complexity index is 408. The summed E-state index contributed by atoms with van der Waals surface area (Å²) in [6.07, 6.45) is 0.967. The lowest BCUT2D eigenvalue weighted by molar-refractivity contribution is -0.116. The van der Waals surface area contributed by atoms with Crippen molar-refractivity contribution < 1.29 is 9.59 Å². The molecule has 0 radical (unpaired) electrons. The van der Waals surface area contributed by atoms with Crippen LogP contribution in [0.2, 0.25) is 0 Å². The molecule has 0 fully saturated rings. The average Bonchev–Trinajstić information content (AvgIpc) is 2.14. The second-order valence-electron chi connectivity index (χ2n) is 2.97. The Labute approximate surface area is 82.9 Å². The van der Waals surface area contributed by atoms with Crippen LogP contribution in [0.1, 0.15) is 18.1 Å². The summed E-state index contributed by atoms with van der Waals surface area (Å²) in [6, 6.07) is 7.32. The van der Waals surface area contributed by atoms with Crippen molar-refractivity contribution in [3.63, 3.8) is 0 Å². The number of ketones is 1. The molecule has 1 aromatic carbocycles.